The summed E-state index contributed by atoms with van der Waals surface area (Å²) in [5.74, 6) is -0.951. The van der Waals surface area contributed by atoms with E-state index in [-0.39, 0.29) is 0 Å². The van der Waals surface area contributed by atoms with E-state index in [4.69, 9.17) is 9.84 Å². The van der Waals surface area contributed by atoms with E-state index in [1.807, 2.05) is 23.4 Å². The van der Waals surface area contributed by atoms with Gasteiger partial charge in [-0.05, 0) is 30.1 Å². The van der Waals surface area contributed by atoms with Crippen molar-refractivity contribution >= 4 is 23.4 Å². The average molecular weight is 285 g/mol. The van der Waals surface area contributed by atoms with Crippen LogP contribution >= 0.6 is 11.3 Å². The van der Waals surface area contributed by atoms with Gasteiger partial charge in [-0.25, -0.2) is 4.79 Å². The van der Waals surface area contributed by atoms with Gasteiger partial charge in [0.15, 0.2) is 0 Å². The molecule has 0 amide bonds. The number of nitrogens with zero attached hydrogens (tertiary/aromatic N) is 1. The van der Waals surface area contributed by atoms with Crippen molar-refractivity contribution in [3.63, 3.8) is 0 Å². The summed E-state index contributed by atoms with van der Waals surface area (Å²) in [6, 6.07) is 1.95. The van der Waals surface area contributed by atoms with Crippen LogP contribution in [0.5, 0.6) is 0 Å². The minimum atomic E-state index is -0.951. The van der Waals surface area contributed by atoms with Gasteiger partial charge in [0.05, 0.1) is 12.7 Å². The average Bonchev–Trinajstić information content (AvgIpc) is 2.74. The van der Waals surface area contributed by atoms with Crippen molar-refractivity contribution in [1.29, 1.82) is 0 Å². The number of methoxy groups -OCH3 is 1. The fraction of sp³-hybridized carbons (Fsp3) is 0.462. The summed E-state index contributed by atoms with van der Waals surface area (Å²) in [5.41, 5.74) is 0.883. The minimum Gasteiger partial charge on any atom is -0.478 e. The summed E-state index contributed by atoms with van der Waals surface area (Å²) < 4.78 is 4.87. The molecule has 0 aliphatic carbocycles. The molecule has 2 N–H and O–H groups in total. The number of hydrogen-bond donors (Lipinski definition) is 2. The Balaban J connectivity index is 2.46. The van der Waals surface area contributed by atoms with E-state index in [1.165, 1.54) is 0 Å². The maximum atomic E-state index is 10.4. The quantitative estimate of drug-likeness (QED) is 0.704. The van der Waals surface area contributed by atoms with Crippen LogP contribution in [0.25, 0.3) is 6.08 Å². The first kappa shape index (κ1) is 15.8. The van der Waals surface area contributed by atoms with Gasteiger partial charge in [-0.2, -0.15) is 0 Å². The molecule has 19 heavy (non-hydrogen) atoms. The molecule has 0 aliphatic rings. The second-order valence-corrected chi connectivity index (χ2v) is 5.32. The Bertz CT molecular complexity index is 430. The highest BCUT2D eigenvalue weighted by molar-refractivity contribution is 7.10. The van der Waals surface area contributed by atoms with Gasteiger partial charge in [-0.15, -0.1) is 11.3 Å². The highest BCUT2D eigenvalue weighted by atomic mass is 32.1. The lowest BCUT2D eigenvalue weighted by Crippen LogP contribution is -2.31. The standard InChI is InChI=1S/C13H19NO4S/c1-14(6-11(15)8-18-2)7-12-5-10(9-19-12)3-4-13(16)17/h3-5,9,11,15H,6-8H2,1-2H3,(H,16,17). The van der Waals surface area contributed by atoms with Gasteiger partial charge in [0.25, 0.3) is 0 Å². The molecule has 1 atom stereocenters. The third-order valence-corrected chi connectivity index (χ3v) is 3.34. The first-order valence-corrected chi connectivity index (χ1v) is 6.73. The van der Waals surface area contributed by atoms with Crippen LogP contribution in [0.15, 0.2) is 17.5 Å². The Labute approximate surface area is 116 Å². The smallest absolute Gasteiger partial charge is 0.328 e. The van der Waals surface area contributed by atoms with Gasteiger partial charge in [0.1, 0.15) is 0 Å². The number of aliphatic hydroxyl groups is 1. The predicted octanol–water partition coefficient (Wildman–Crippen LogP) is 1.28. The second kappa shape index (κ2) is 8.06. The van der Waals surface area contributed by atoms with Crippen LogP contribution in [0.4, 0.5) is 0 Å². The van der Waals surface area contributed by atoms with Crippen molar-refractivity contribution in [2.24, 2.45) is 0 Å². The van der Waals surface area contributed by atoms with Crippen LogP contribution in [0, 0.1) is 0 Å². The highest BCUT2D eigenvalue weighted by Crippen LogP contribution is 2.17. The van der Waals surface area contributed by atoms with Crippen LogP contribution in [-0.4, -0.2) is 54.5 Å². The predicted molar refractivity (Wildman–Crippen MR) is 75.2 cm³/mol. The number of aliphatic hydroxyl groups excluding tert-OH is 1. The number of likely N-dealkylation sites (N-methyl/N-ethyl adjacent to an activating group) is 1. The normalized spacial score (nSPS) is 13.3. The van der Waals surface area contributed by atoms with Crippen molar-refractivity contribution in [3.8, 4) is 0 Å². The number of rotatable bonds is 8. The molecular formula is C13H19NO4S. The third-order valence-electron chi connectivity index (χ3n) is 2.40. The first-order valence-electron chi connectivity index (χ1n) is 5.85. The molecule has 0 aromatic carbocycles. The minimum absolute atomic E-state index is 0.321. The number of hydrogen-bond acceptors (Lipinski definition) is 5. The highest BCUT2D eigenvalue weighted by Gasteiger charge is 2.09. The molecule has 0 aliphatic heterocycles. The van der Waals surface area contributed by atoms with E-state index >= 15 is 0 Å². The number of aliphatic carboxylic acids is 1. The largest absolute Gasteiger partial charge is 0.478 e. The maximum absolute atomic E-state index is 10.4. The van der Waals surface area contributed by atoms with Crippen molar-refractivity contribution in [3.05, 3.63) is 28.0 Å². The molecule has 0 saturated carbocycles. The van der Waals surface area contributed by atoms with Gasteiger partial charge in [0.2, 0.25) is 0 Å². The molecule has 1 rings (SSSR count). The molecule has 0 spiro atoms. The lowest BCUT2D eigenvalue weighted by Gasteiger charge is -2.19. The summed E-state index contributed by atoms with van der Waals surface area (Å²) in [5, 5.41) is 20.1. The van der Waals surface area contributed by atoms with Crippen molar-refractivity contribution < 1.29 is 19.7 Å². The van der Waals surface area contributed by atoms with Gasteiger partial charge in [-0.3, -0.25) is 4.90 Å². The van der Waals surface area contributed by atoms with Crippen LogP contribution < -0.4 is 0 Å². The molecule has 0 saturated heterocycles. The van der Waals surface area contributed by atoms with Crippen LogP contribution in [-0.2, 0) is 16.1 Å². The summed E-state index contributed by atoms with van der Waals surface area (Å²) in [7, 11) is 3.48. The molecule has 1 aromatic rings. The molecule has 0 radical (unpaired) electrons. The molecule has 0 fully saturated rings. The fourth-order valence-corrected chi connectivity index (χ4v) is 2.60. The number of carbonyl (C=O) groups is 1. The van der Waals surface area contributed by atoms with Gasteiger partial charge in [-0.1, -0.05) is 0 Å². The molecule has 1 aromatic heterocycles. The molecule has 5 nitrogen and oxygen atoms in total. The molecule has 106 valence electrons. The molecule has 1 unspecified atom stereocenters. The monoisotopic (exact) mass is 285 g/mol. The van der Waals surface area contributed by atoms with Crippen LogP contribution in [0.2, 0.25) is 0 Å². The topological polar surface area (TPSA) is 70.0 Å². The molecule has 6 heteroatoms. The van der Waals surface area contributed by atoms with Gasteiger partial charge in [0, 0.05) is 31.2 Å². The van der Waals surface area contributed by atoms with E-state index in [0.29, 0.717) is 19.7 Å². The Morgan fingerprint density at radius 1 is 1.63 bits per heavy atom. The number of ether oxygens (including phenoxy) is 1. The maximum Gasteiger partial charge on any atom is 0.328 e. The van der Waals surface area contributed by atoms with Crippen LogP contribution in [0.3, 0.4) is 0 Å². The van der Waals surface area contributed by atoms with Crippen molar-refractivity contribution in [2.45, 2.75) is 12.6 Å². The number of carboxylic acid groups (broad SMARTS) is 1. The lowest BCUT2D eigenvalue weighted by molar-refractivity contribution is -0.131. The summed E-state index contributed by atoms with van der Waals surface area (Å²) in [6.07, 6.45) is 2.20. The summed E-state index contributed by atoms with van der Waals surface area (Å²) in [4.78, 5) is 13.5. The summed E-state index contributed by atoms with van der Waals surface area (Å²) in [6.45, 7) is 1.57. The van der Waals surface area contributed by atoms with Crippen molar-refractivity contribution in [1.82, 2.24) is 4.90 Å². The Morgan fingerprint density at radius 3 is 3.00 bits per heavy atom. The Morgan fingerprint density at radius 2 is 2.37 bits per heavy atom. The summed E-state index contributed by atoms with van der Waals surface area (Å²) >= 11 is 1.57. The zero-order valence-electron chi connectivity index (χ0n) is 11.1. The van der Waals surface area contributed by atoms with Gasteiger partial charge < -0.3 is 14.9 Å². The Kier molecular flexibility index (Phi) is 6.72. The van der Waals surface area contributed by atoms with Crippen LogP contribution in [0.1, 0.15) is 10.4 Å². The van der Waals surface area contributed by atoms with Gasteiger partial charge >= 0.3 is 5.97 Å². The van der Waals surface area contributed by atoms with E-state index < -0.39 is 12.1 Å². The lowest BCUT2D eigenvalue weighted by atomic mass is 10.2. The molecule has 0 bridgehead atoms. The zero-order valence-corrected chi connectivity index (χ0v) is 11.9. The Hall–Kier alpha value is -1.21. The molecule has 1 heterocycles. The number of thiophene rings is 1. The van der Waals surface area contributed by atoms with Crippen molar-refractivity contribution in [2.75, 3.05) is 27.3 Å². The SMILES string of the molecule is COCC(O)CN(C)Cc1cc(C=CC(=O)O)cs1. The first-order chi connectivity index (χ1) is 9.01. The fourth-order valence-electron chi connectivity index (χ4n) is 1.67. The van der Waals surface area contributed by atoms with E-state index in [0.717, 1.165) is 16.5 Å². The van der Waals surface area contributed by atoms with E-state index in [9.17, 15) is 9.90 Å². The molecular weight excluding hydrogens is 266 g/mol. The van der Waals surface area contributed by atoms with E-state index in [2.05, 4.69) is 0 Å². The second-order valence-electron chi connectivity index (χ2n) is 4.32. The van der Waals surface area contributed by atoms with E-state index in [1.54, 1.807) is 24.5 Å². The number of carboxylic acids is 1. The zero-order chi connectivity index (χ0) is 14.3. The third kappa shape index (κ3) is 6.49.